The Hall–Kier alpha value is -3.52. The van der Waals surface area contributed by atoms with Crippen molar-refractivity contribution in [2.45, 2.75) is 51.2 Å². The van der Waals surface area contributed by atoms with Crippen LogP contribution in [0.1, 0.15) is 50.1 Å². The largest absolute Gasteiger partial charge is 0.420 e. The highest BCUT2D eigenvalue weighted by atomic mass is 32.1. The number of thiocarbonyl (C=S) groups is 1. The van der Waals surface area contributed by atoms with Gasteiger partial charge in [-0.05, 0) is 69.5 Å². The van der Waals surface area contributed by atoms with E-state index >= 15 is 4.39 Å². The van der Waals surface area contributed by atoms with Crippen LogP contribution in [0.5, 0.6) is 0 Å². The Morgan fingerprint density at radius 1 is 1.33 bits per heavy atom. The molecule has 1 aliphatic heterocycles. The van der Waals surface area contributed by atoms with Crippen LogP contribution in [0.2, 0.25) is 0 Å². The van der Waals surface area contributed by atoms with E-state index in [9.17, 15) is 18.0 Å². The monoisotopic (exact) mass is 517 g/mol. The number of aromatic amines is 1. The number of carbonyl (C=O) groups is 1. The minimum atomic E-state index is -5.12. The van der Waals surface area contributed by atoms with Crippen molar-refractivity contribution in [3.8, 4) is 6.07 Å². The maximum atomic E-state index is 15.1. The lowest BCUT2D eigenvalue weighted by Gasteiger charge is -2.32. The third kappa shape index (κ3) is 4.53. The number of aromatic nitrogens is 2. The van der Waals surface area contributed by atoms with Gasteiger partial charge in [0, 0.05) is 24.5 Å². The van der Waals surface area contributed by atoms with E-state index in [2.05, 4.69) is 9.97 Å². The number of imidazole rings is 1. The minimum absolute atomic E-state index is 0.131. The van der Waals surface area contributed by atoms with Crippen molar-refractivity contribution in [3.05, 3.63) is 71.2 Å². The predicted octanol–water partition coefficient (Wildman–Crippen LogP) is 5.63. The van der Waals surface area contributed by atoms with Crippen molar-refractivity contribution >= 4 is 28.9 Å². The molecular weight excluding hydrogens is 494 g/mol. The molecule has 1 aliphatic carbocycles. The zero-order valence-corrected chi connectivity index (χ0v) is 20.4. The molecule has 36 heavy (non-hydrogen) atoms. The number of H-pyrrole nitrogens is 1. The Balaban J connectivity index is 1.56. The fraction of sp³-hybridized carbons (Fsp3) is 0.360. The van der Waals surface area contributed by atoms with Gasteiger partial charge in [-0.15, -0.1) is 0 Å². The number of nitrogens with one attached hydrogen (secondary N) is 1. The van der Waals surface area contributed by atoms with Gasteiger partial charge in [-0.25, -0.2) is 9.37 Å². The number of nitriles is 1. The van der Waals surface area contributed by atoms with Crippen LogP contribution in [-0.4, -0.2) is 31.4 Å². The van der Waals surface area contributed by atoms with E-state index < -0.39 is 40.3 Å². The van der Waals surface area contributed by atoms with Crippen molar-refractivity contribution in [1.29, 1.82) is 5.26 Å². The van der Waals surface area contributed by atoms with E-state index in [0.717, 1.165) is 42.1 Å². The van der Waals surface area contributed by atoms with Crippen molar-refractivity contribution in [2.75, 3.05) is 4.90 Å². The number of hydrogen-bond acceptors (Lipinski definition) is 4. The second-order valence-corrected chi connectivity index (χ2v) is 9.53. The number of rotatable bonds is 6. The molecule has 2 heterocycles. The molecule has 0 saturated carbocycles. The van der Waals surface area contributed by atoms with Crippen LogP contribution in [-0.2, 0) is 17.4 Å². The number of hydrogen-bond donors (Lipinski definition) is 1. The lowest BCUT2D eigenvalue weighted by molar-refractivity contribution is -0.140. The number of halogens is 4. The molecule has 0 spiro atoms. The highest BCUT2D eigenvalue weighted by molar-refractivity contribution is 7.80. The van der Waals surface area contributed by atoms with Crippen LogP contribution in [0, 0.1) is 23.1 Å². The average Bonchev–Trinajstić information content (AvgIpc) is 3.39. The Bertz CT molecular complexity index is 1290. The van der Waals surface area contributed by atoms with Gasteiger partial charge in [-0.2, -0.15) is 18.4 Å². The van der Waals surface area contributed by atoms with Gasteiger partial charge in [0.25, 0.3) is 5.91 Å². The minimum Gasteiger partial charge on any atom is -0.349 e. The number of aryl methyl sites for hydroxylation is 1. The van der Waals surface area contributed by atoms with E-state index in [1.165, 1.54) is 11.0 Å². The molecule has 1 aromatic heterocycles. The molecule has 2 aliphatic rings. The number of benzene rings is 1. The summed E-state index contributed by atoms with van der Waals surface area (Å²) in [5.41, 5.74) is -3.87. The Labute approximate surface area is 210 Å². The first kappa shape index (κ1) is 25.6. The van der Waals surface area contributed by atoms with E-state index in [1.54, 1.807) is 26.2 Å². The first-order valence-electron chi connectivity index (χ1n) is 11.3. The van der Waals surface area contributed by atoms with Crippen LogP contribution >= 0.6 is 12.2 Å². The van der Waals surface area contributed by atoms with Crippen molar-refractivity contribution in [3.63, 3.8) is 0 Å². The summed E-state index contributed by atoms with van der Waals surface area (Å²) in [5.74, 6) is -1.17. The van der Waals surface area contributed by atoms with Gasteiger partial charge < -0.3 is 9.88 Å². The van der Waals surface area contributed by atoms with E-state index in [1.807, 2.05) is 18.2 Å². The van der Waals surface area contributed by atoms with E-state index in [-0.39, 0.29) is 11.0 Å². The lowest BCUT2D eigenvalue weighted by atomic mass is 9.92. The molecular formula is C25H23F4N5OS. The first-order valence-corrected chi connectivity index (χ1v) is 11.7. The van der Waals surface area contributed by atoms with Gasteiger partial charge in [0.2, 0.25) is 0 Å². The van der Waals surface area contributed by atoms with Gasteiger partial charge in [0.15, 0.2) is 10.9 Å². The zero-order valence-electron chi connectivity index (χ0n) is 19.6. The summed E-state index contributed by atoms with van der Waals surface area (Å²) in [7, 11) is 0. The maximum Gasteiger partial charge on any atom is 0.420 e. The summed E-state index contributed by atoms with van der Waals surface area (Å²) >= 11 is 5.49. The Morgan fingerprint density at radius 2 is 2.08 bits per heavy atom. The Morgan fingerprint density at radius 3 is 2.67 bits per heavy atom. The number of alkyl halides is 3. The first-order chi connectivity index (χ1) is 17.0. The molecule has 1 aromatic carbocycles. The topological polar surface area (TPSA) is 76.0 Å². The second-order valence-electron chi connectivity index (χ2n) is 9.16. The van der Waals surface area contributed by atoms with Crippen LogP contribution in [0.4, 0.5) is 23.2 Å². The summed E-state index contributed by atoms with van der Waals surface area (Å²) in [6, 6.07) is 3.18. The van der Waals surface area contributed by atoms with Crippen molar-refractivity contribution < 1.29 is 22.4 Å². The van der Waals surface area contributed by atoms with Crippen molar-refractivity contribution in [1.82, 2.24) is 14.9 Å². The number of carbonyl (C=O) groups excluding carboxylic acids is 1. The number of anilines is 1. The smallest absolute Gasteiger partial charge is 0.349 e. The molecule has 1 unspecified atom stereocenters. The standard InChI is InChI=1S/C25H23F4N5OS/c1-24(2)22(35)33(18-11-8-16(14-30)20(21(18)26)25(27,28)29)23(36)34(24)17-9-6-15(7-10-17)4-3-5-19-31-12-13-32-19/h6,8-13,15H,3-5,7H2,1-2H3,(H,31,32). The quantitative estimate of drug-likeness (QED) is 0.397. The van der Waals surface area contributed by atoms with Gasteiger partial charge in [0.1, 0.15) is 16.9 Å². The fourth-order valence-corrected chi connectivity index (χ4v) is 5.06. The van der Waals surface area contributed by atoms with Crippen LogP contribution < -0.4 is 4.90 Å². The summed E-state index contributed by atoms with van der Waals surface area (Å²) in [6.07, 6.45) is 7.54. The maximum absolute atomic E-state index is 15.1. The normalized spacial score (nSPS) is 19.6. The molecule has 188 valence electrons. The van der Waals surface area contributed by atoms with Crippen LogP contribution in [0.25, 0.3) is 0 Å². The summed E-state index contributed by atoms with van der Waals surface area (Å²) in [6.45, 7) is 3.16. The molecule has 6 nitrogen and oxygen atoms in total. The van der Waals surface area contributed by atoms with E-state index in [0.29, 0.717) is 12.1 Å². The summed E-state index contributed by atoms with van der Waals surface area (Å²) in [4.78, 5) is 22.9. The van der Waals surface area contributed by atoms with Crippen molar-refractivity contribution in [2.24, 2.45) is 5.92 Å². The predicted molar refractivity (Wildman–Crippen MR) is 129 cm³/mol. The molecule has 1 atom stereocenters. The molecule has 11 heteroatoms. The molecule has 0 radical (unpaired) electrons. The Kier molecular flexibility index (Phi) is 6.75. The molecule has 1 N–H and O–H groups in total. The van der Waals surface area contributed by atoms with Crippen LogP contribution in [0.15, 0.2) is 48.5 Å². The average molecular weight is 518 g/mol. The fourth-order valence-electron chi connectivity index (χ4n) is 4.55. The lowest BCUT2D eigenvalue weighted by Crippen LogP contribution is -2.43. The van der Waals surface area contributed by atoms with Gasteiger partial charge in [0.05, 0.1) is 17.3 Å². The second kappa shape index (κ2) is 9.50. The summed E-state index contributed by atoms with van der Waals surface area (Å²) < 4.78 is 55.7. The molecule has 1 amide bonds. The van der Waals surface area contributed by atoms with Crippen LogP contribution in [0.3, 0.4) is 0 Å². The number of allylic oxidation sites excluding steroid dienone is 3. The highest BCUT2D eigenvalue weighted by Crippen LogP contribution is 2.42. The van der Waals surface area contributed by atoms with Gasteiger partial charge in [-0.1, -0.05) is 12.2 Å². The molecule has 4 rings (SSSR count). The zero-order chi connectivity index (χ0) is 26.3. The third-order valence-corrected chi connectivity index (χ3v) is 6.77. The number of amides is 1. The SMILES string of the molecule is CC1(C)C(=O)N(c2ccc(C#N)c(C(F)(F)F)c2F)C(=S)N1C1=CCC(CCCc2ncc[nH]2)C=C1. The molecule has 1 saturated heterocycles. The van der Waals surface area contributed by atoms with Gasteiger partial charge >= 0.3 is 6.18 Å². The summed E-state index contributed by atoms with van der Waals surface area (Å²) in [5, 5.41) is 8.90. The highest BCUT2D eigenvalue weighted by Gasteiger charge is 2.52. The molecule has 2 aromatic rings. The van der Waals surface area contributed by atoms with E-state index in [4.69, 9.17) is 17.5 Å². The van der Waals surface area contributed by atoms with Gasteiger partial charge in [-0.3, -0.25) is 9.69 Å². The molecule has 1 fully saturated rings. The third-order valence-electron chi connectivity index (χ3n) is 6.40. The number of nitrogens with zero attached hydrogens (tertiary/aromatic N) is 4. The molecule has 0 bridgehead atoms.